The lowest BCUT2D eigenvalue weighted by Gasteiger charge is -2.37. The molecule has 1 fully saturated rings. The summed E-state index contributed by atoms with van der Waals surface area (Å²) < 4.78 is 2.12. The highest BCUT2D eigenvalue weighted by molar-refractivity contribution is 5.42. The molecule has 0 saturated heterocycles. The van der Waals surface area contributed by atoms with Crippen LogP contribution in [0.2, 0.25) is 0 Å². The third-order valence-electron chi connectivity index (χ3n) is 4.66. The molecule has 3 rings (SSSR count). The van der Waals surface area contributed by atoms with Crippen molar-refractivity contribution in [3.8, 4) is 0 Å². The van der Waals surface area contributed by atoms with Crippen molar-refractivity contribution < 1.29 is 0 Å². The van der Waals surface area contributed by atoms with Crippen molar-refractivity contribution in [1.29, 1.82) is 0 Å². The zero-order chi connectivity index (χ0) is 13.5. The van der Waals surface area contributed by atoms with Crippen LogP contribution in [0.25, 0.3) is 5.65 Å². The Morgan fingerprint density at radius 1 is 1.37 bits per heavy atom. The molecule has 0 atom stereocenters. The second-order valence-corrected chi connectivity index (χ2v) is 6.12. The molecule has 0 aromatic carbocycles. The highest BCUT2D eigenvalue weighted by atomic mass is 15.3. The first-order valence-corrected chi connectivity index (χ1v) is 7.16. The average Bonchev–Trinajstić information content (AvgIpc) is 2.83. The van der Waals surface area contributed by atoms with E-state index in [2.05, 4.69) is 46.8 Å². The van der Waals surface area contributed by atoms with E-state index in [9.17, 15) is 0 Å². The monoisotopic (exact) mass is 258 g/mol. The highest BCUT2D eigenvalue weighted by Crippen LogP contribution is 2.40. The van der Waals surface area contributed by atoms with Crippen molar-refractivity contribution >= 4 is 5.65 Å². The van der Waals surface area contributed by atoms with Crippen LogP contribution in [0.1, 0.15) is 44.0 Å². The van der Waals surface area contributed by atoms with Gasteiger partial charge in [0.05, 0.1) is 0 Å². The Morgan fingerprint density at radius 2 is 2.11 bits per heavy atom. The van der Waals surface area contributed by atoms with Crippen molar-refractivity contribution in [2.45, 2.75) is 44.9 Å². The maximum Gasteiger partial charge on any atom is 0.161 e. The molecule has 1 aliphatic rings. The van der Waals surface area contributed by atoms with E-state index in [1.807, 2.05) is 0 Å². The number of aryl methyl sites for hydroxylation is 1. The van der Waals surface area contributed by atoms with E-state index < -0.39 is 0 Å². The molecule has 4 nitrogen and oxygen atoms in total. The average molecular weight is 258 g/mol. The summed E-state index contributed by atoms with van der Waals surface area (Å²) in [7, 11) is 0. The van der Waals surface area contributed by atoms with Crippen LogP contribution < -0.4 is 5.73 Å². The molecule has 2 aromatic heterocycles. The molecule has 2 heterocycles. The van der Waals surface area contributed by atoms with Gasteiger partial charge in [0.15, 0.2) is 5.65 Å². The van der Waals surface area contributed by atoms with Crippen LogP contribution in [0.4, 0.5) is 0 Å². The zero-order valence-electron chi connectivity index (χ0n) is 11.8. The maximum absolute atomic E-state index is 6.11. The van der Waals surface area contributed by atoms with E-state index >= 15 is 0 Å². The molecule has 102 valence electrons. The summed E-state index contributed by atoms with van der Waals surface area (Å²) in [4.78, 5) is 0. The molecule has 2 aromatic rings. The van der Waals surface area contributed by atoms with E-state index in [1.54, 1.807) is 0 Å². The molecule has 19 heavy (non-hydrogen) atoms. The lowest BCUT2D eigenvalue weighted by molar-refractivity contribution is 0.235. The fourth-order valence-corrected chi connectivity index (χ4v) is 3.19. The van der Waals surface area contributed by atoms with Gasteiger partial charge in [0.2, 0.25) is 0 Å². The van der Waals surface area contributed by atoms with Gasteiger partial charge in [-0.05, 0) is 56.2 Å². The van der Waals surface area contributed by atoms with Crippen LogP contribution in [-0.4, -0.2) is 21.1 Å². The molecular weight excluding hydrogens is 236 g/mol. The van der Waals surface area contributed by atoms with Crippen molar-refractivity contribution in [2.75, 3.05) is 6.54 Å². The molecule has 0 aliphatic heterocycles. The van der Waals surface area contributed by atoms with Crippen molar-refractivity contribution in [3.63, 3.8) is 0 Å². The molecule has 0 amide bonds. The van der Waals surface area contributed by atoms with Crippen LogP contribution in [0.15, 0.2) is 18.3 Å². The molecule has 0 radical (unpaired) electrons. The lowest BCUT2D eigenvalue weighted by atomic mass is 9.70. The minimum Gasteiger partial charge on any atom is -0.329 e. The van der Waals surface area contributed by atoms with Crippen LogP contribution in [-0.2, 0) is 5.41 Å². The van der Waals surface area contributed by atoms with E-state index in [-0.39, 0.29) is 5.41 Å². The van der Waals surface area contributed by atoms with Crippen LogP contribution in [0.3, 0.4) is 0 Å². The number of hydrogen-bond acceptors (Lipinski definition) is 3. The molecule has 0 bridgehead atoms. The lowest BCUT2D eigenvalue weighted by Crippen LogP contribution is -2.40. The quantitative estimate of drug-likeness (QED) is 0.900. The standard InChI is InChI=1S/C15H22N4/c1-11-3-6-15(10-16,7-4-11)14-18-17-13-9-12(2)5-8-19(13)14/h5,8-9,11H,3-4,6-7,10,16H2,1-2H3. The third-order valence-corrected chi connectivity index (χ3v) is 4.66. The Hall–Kier alpha value is -1.42. The van der Waals surface area contributed by atoms with Crippen molar-refractivity contribution in [1.82, 2.24) is 14.6 Å². The van der Waals surface area contributed by atoms with E-state index in [1.165, 1.54) is 18.4 Å². The Bertz CT molecular complexity index is 579. The van der Waals surface area contributed by atoms with Gasteiger partial charge in [-0.3, -0.25) is 4.40 Å². The third kappa shape index (κ3) is 2.04. The predicted octanol–water partition coefficient (Wildman–Crippen LogP) is 2.44. The van der Waals surface area contributed by atoms with E-state index in [0.717, 1.165) is 30.2 Å². The van der Waals surface area contributed by atoms with Crippen molar-refractivity contribution in [3.05, 3.63) is 29.7 Å². The van der Waals surface area contributed by atoms with Gasteiger partial charge < -0.3 is 5.73 Å². The Labute approximate surface area is 114 Å². The predicted molar refractivity (Wildman–Crippen MR) is 76.1 cm³/mol. The normalized spacial score (nSPS) is 27.8. The van der Waals surface area contributed by atoms with Gasteiger partial charge >= 0.3 is 0 Å². The topological polar surface area (TPSA) is 56.2 Å². The van der Waals surface area contributed by atoms with Crippen LogP contribution in [0.5, 0.6) is 0 Å². The Kier molecular flexibility index (Phi) is 3.05. The first-order valence-electron chi connectivity index (χ1n) is 7.16. The smallest absolute Gasteiger partial charge is 0.161 e. The Balaban J connectivity index is 2.06. The molecule has 1 aliphatic carbocycles. The largest absolute Gasteiger partial charge is 0.329 e. The minimum atomic E-state index is 0.0151. The summed E-state index contributed by atoms with van der Waals surface area (Å²) in [5.74, 6) is 1.86. The van der Waals surface area contributed by atoms with E-state index in [0.29, 0.717) is 6.54 Å². The molecule has 4 heteroatoms. The number of pyridine rings is 1. The van der Waals surface area contributed by atoms with E-state index in [4.69, 9.17) is 5.73 Å². The molecule has 2 N–H and O–H groups in total. The molecule has 0 spiro atoms. The maximum atomic E-state index is 6.11. The summed E-state index contributed by atoms with van der Waals surface area (Å²) >= 11 is 0. The van der Waals surface area contributed by atoms with Gasteiger partial charge in [-0.25, -0.2) is 0 Å². The number of fused-ring (bicyclic) bond motifs is 1. The summed E-state index contributed by atoms with van der Waals surface area (Å²) in [5.41, 5.74) is 8.28. The number of aromatic nitrogens is 3. The number of hydrogen-bond donors (Lipinski definition) is 1. The first-order chi connectivity index (χ1) is 9.14. The fourth-order valence-electron chi connectivity index (χ4n) is 3.19. The number of nitrogens with zero attached hydrogens (tertiary/aromatic N) is 3. The summed E-state index contributed by atoms with van der Waals surface area (Å²) in [6.07, 6.45) is 6.80. The minimum absolute atomic E-state index is 0.0151. The highest BCUT2D eigenvalue weighted by Gasteiger charge is 2.38. The van der Waals surface area contributed by atoms with Gasteiger partial charge in [-0.2, -0.15) is 0 Å². The second-order valence-electron chi connectivity index (χ2n) is 6.12. The molecular formula is C15H22N4. The zero-order valence-corrected chi connectivity index (χ0v) is 11.8. The van der Waals surface area contributed by atoms with Gasteiger partial charge in [-0.1, -0.05) is 6.92 Å². The van der Waals surface area contributed by atoms with Gasteiger partial charge in [0.25, 0.3) is 0 Å². The summed E-state index contributed by atoms with van der Waals surface area (Å²) in [5, 5.41) is 8.79. The van der Waals surface area contributed by atoms with Gasteiger partial charge in [-0.15, -0.1) is 10.2 Å². The summed E-state index contributed by atoms with van der Waals surface area (Å²) in [6, 6.07) is 4.18. The SMILES string of the molecule is Cc1ccn2c(C3(CN)CCC(C)CC3)nnc2c1. The van der Waals surface area contributed by atoms with Crippen molar-refractivity contribution in [2.24, 2.45) is 11.7 Å². The Morgan fingerprint density at radius 3 is 2.79 bits per heavy atom. The van der Waals surface area contributed by atoms with Crippen LogP contribution in [0, 0.1) is 12.8 Å². The molecule has 0 unspecified atom stereocenters. The first kappa shape index (κ1) is 12.6. The molecule has 1 saturated carbocycles. The number of rotatable bonds is 2. The van der Waals surface area contributed by atoms with Gasteiger partial charge in [0.1, 0.15) is 5.82 Å². The van der Waals surface area contributed by atoms with Crippen LogP contribution >= 0.6 is 0 Å². The second kappa shape index (κ2) is 4.60. The summed E-state index contributed by atoms with van der Waals surface area (Å²) in [6.45, 7) is 5.06. The number of nitrogens with two attached hydrogens (primary N) is 1. The fraction of sp³-hybridized carbons (Fsp3) is 0.600. The van der Waals surface area contributed by atoms with Gasteiger partial charge in [0, 0.05) is 18.2 Å².